The molecule has 0 aliphatic heterocycles. The molecule has 1 aromatic rings. The maximum absolute atomic E-state index is 12.0. The largest absolute Gasteiger partial charge is 0.0626 e. The molecule has 15 heavy (non-hydrogen) atoms. The molecule has 10 heteroatoms. The fraction of sp³-hybridized carbons (Fsp3) is 0.400. The molecule has 0 aliphatic rings. The summed E-state index contributed by atoms with van der Waals surface area (Å²) in [5, 5.41) is 2.78. The number of halogens is 6. The summed E-state index contributed by atoms with van der Waals surface area (Å²) in [4.78, 5) is 0. The SMILES string of the molecule is FC(F)(F)c1cc(C(F)(F)F)[n]([Zn+])n1.[BH4-]. The maximum atomic E-state index is 12.0. The number of aromatic nitrogens is 2. The second-order valence-corrected chi connectivity index (χ2v) is 3.67. The summed E-state index contributed by atoms with van der Waals surface area (Å²) >= 11 is -0.148. The molecule has 2 nitrogen and oxygen atoms in total. The first-order valence-corrected chi connectivity index (χ1v) is 4.50. The van der Waals surface area contributed by atoms with Crippen molar-refractivity contribution in [2.45, 2.75) is 12.4 Å². The topological polar surface area (TPSA) is 17.8 Å². The van der Waals surface area contributed by atoms with E-state index in [0.717, 1.165) is 0 Å². The van der Waals surface area contributed by atoms with Crippen LogP contribution in [0.15, 0.2) is 6.07 Å². The van der Waals surface area contributed by atoms with Gasteiger partial charge in [-0.15, -0.1) is 0 Å². The Hall–Kier alpha value is -0.522. The van der Waals surface area contributed by atoms with E-state index in [0.29, 0.717) is 0 Å². The molecule has 0 radical (unpaired) electrons. The Morgan fingerprint density at radius 1 is 1.07 bits per heavy atom. The Morgan fingerprint density at radius 2 is 1.53 bits per heavy atom. The van der Waals surface area contributed by atoms with Crippen molar-refractivity contribution in [2.75, 3.05) is 0 Å². The van der Waals surface area contributed by atoms with Gasteiger partial charge in [0.1, 0.15) is 0 Å². The van der Waals surface area contributed by atoms with Gasteiger partial charge in [-0.05, 0) is 0 Å². The zero-order valence-electron chi connectivity index (χ0n) is 6.45. The van der Waals surface area contributed by atoms with Crippen LogP contribution >= 0.6 is 0 Å². The molecule has 0 spiro atoms. The molecular weight excluding hydrogens is 278 g/mol. The summed E-state index contributed by atoms with van der Waals surface area (Å²) in [6, 6.07) is 0.00347. The van der Waals surface area contributed by atoms with Crippen molar-refractivity contribution in [3.05, 3.63) is 17.5 Å². The number of nitrogens with zero attached hydrogens (tertiary/aromatic N) is 2. The monoisotopic (exact) mass is 282 g/mol. The van der Waals surface area contributed by atoms with E-state index in [9.17, 15) is 26.3 Å². The van der Waals surface area contributed by atoms with Gasteiger partial charge in [0.25, 0.3) is 0 Å². The number of hydrogen-bond acceptors (Lipinski definition) is 1. The third-order valence-electron chi connectivity index (χ3n) is 1.36. The molecular formula is C5H5BF6N2Zn. The average Bonchev–Trinajstić information content (AvgIpc) is 2.27. The predicted molar refractivity (Wildman–Crippen MR) is 39.0 cm³/mol. The van der Waals surface area contributed by atoms with Gasteiger partial charge >= 0.3 is 83.2 Å². The average molecular weight is 283 g/mol. The van der Waals surface area contributed by atoms with Crippen molar-refractivity contribution in [2.24, 2.45) is 0 Å². The minimum atomic E-state index is -4.84. The van der Waals surface area contributed by atoms with E-state index in [2.05, 4.69) is 5.10 Å². The summed E-state index contributed by atoms with van der Waals surface area (Å²) < 4.78 is 72.2. The van der Waals surface area contributed by atoms with Crippen molar-refractivity contribution in [1.29, 1.82) is 0 Å². The number of hydrogen-bond donors (Lipinski definition) is 0. The summed E-state index contributed by atoms with van der Waals surface area (Å²) in [7, 11) is 0. The second kappa shape index (κ2) is 4.15. The summed E-state index contributed by atoms with van der Waals surface area (Å²) in [5.74, 6) is 0. The van der Waals surface area contributed by atoms with Gasteiger partial charge in [0.05, 0.1) is 0 Å². The molecule has 0 N–H and O–H groups in total. The molecule has 0 saturated heterocycles. The van der Waals surface area contributed by atoms with Gasteiger partial charge in [-0.2, -0.15) is 0 Å². The van der Waals surface area contributed by atoms with E-state index in [1.807, 2.05) is 0 Å². The normalized spacial score (nSPS) is 12.5. The zero-order valence-corrected chi connectivity index (χ0v) is 9.41. The van der Waals surface area contributed by atoms with E-state index < -0.39 is 23.7 Å². The third-order valence-corrected chi connectivity index (χ3v) is 2.37. The molecule has 0 unspecified atom stereocenters. The van der Waals surface area contributed by atoms with E-state index in [-0.39, 0.29) is 36.4 Å². The Balaban J connectivity index is 0.00000196. The molecule has 0 fully saturated rings. The summed E-state index contributed by atoms with van der Waals surface area (Å²) in [6.45, 7) is 0. The van der Waals surface area contributed by atoms with E-state index >= 15 is 0 Å². The summed E-state index contributed by atoms with van der Waals surface area (Å²) in [6.07, 6.45) is -9.64. The van der Waals surface area contributed by atoms with Crippen molar-refractivity contribution >= 4 is 8.41 Å². The van der Waals surface area contributed by atoms with Crippen LogP contribution in [-0.4, -0.2) is 16.9 Å². The molecule has 1 rings (SSSR count). The van der Waals surface area contributed by atoms with Crippen LogP contribution in [0.4, 0.5) is 26.3 Å². The molecule has 0 bridgehead atoms. The van der Waals surface area contributed by atoms with Crippen molar-refractivity contribution < 1.29 is 44.9 Å². The molecule has 1 heterocycles. The molecule has 0 aliphatic carbocycles. The second-order valence-electron chi connectivity index (χ2n) is 2.41. The molecule has 82 valence electrons. The van der Waals surface area contributed by atoms with Gasteiger partial charge in [-0.3, -0.25) is 0 Å². The first-order valence-electron chi connectivity index (χ1n) is 3.17. The van der Waals surface area contributed by atoms with Crippen LogP contribution < -0.4 is 0 Å². The molecule has 0 saturated carbocycles. The maximum Gasteiger partial charge on any atom is -0.0626 e. The standard InChI is InChI=1S/C5HF6N2.BH4.Zn/c6-4(7,8)2-1-3(13-12-2)5(9,10)11;;/h1H;1H4;/q2*-1;+2. The Labute approximate surface area is 92.1 Å². The van der Waals surface area contributed by atoms with Crippen LogP contribution in [0.5, 0.6) is 0 Å². The fourth-order valence-electron chi connectivity index (χ4n) is 0.783. The van der Waals surface area contributed by atoms with E-state index in [4.69, 9.17) is 0 Å². The Kier molecular flexibility index (Phi) is 4.01. The fourth-order valence-corrected chi connectivity index (χ4v) is 1.67. The zero-order chi connectivity index (χ0) is 11.1. The third kappa shape index (κ3) is 3.22. The molecule has 0 amide bonds. The minimum Gasteiger partial charge on any atom is -0.0626 e. The van der Waals surface area contributed by atoms with Crippen LogP contribution in [0.2, 0.25) is 0 Å². The van der Waals surface area contributed by atoms with Gasteiger partial charge in [0.2, 0.25) is 0 Å². The summed E-state index contributed by atoms with van der Waals surface area (Å²) in [5.41, 5.74) is -2.89. The van der Waals surface area contributed by atoms with E-state index in [1.165, 1.54) is 0 Å². The van der Waals surface area contributed by atoms with E-state index in [1.54, 1.807) is 0 Å². The smallest absolute Gasteiger partial charge is 0.0626 e. The molecule has 0 atom stereocenters. The van der Waals surface area contributed by atoms with Crippen LogP contribution in [-0.2, 0) is 30.9 Å². The van der Waals surface area contributed by atoms with Gasteiger partial charge in [0.15, 0.2) is 0 Å². The molecule has 0 aromatic carbocycles. The van der Waals surface area contributed by atoms with Crippen molar-refractivity contribution in [3.63, 3.8) is 0 Å². The quantitative estimate of drug-likeness (QED) is 0.508. The van der Waals surface area contributed by atoms with Crippen LogP contribution in [0.3, 0.4) is 0 Å². The number of alkyl halides is 6. The van der Waals surface area contributed by atoms with Gasteiger partial charge in [-0.25, -0.2) is 0 Å². The first kappa shape index (κ1) is 14.5. The Bertz CT molecular complexity index is 342. The number of rotatable bonds is 0. The Morgan fingerprint density at radius 3 is 1.73 bits per heavy atom. The van der Waals surface area contributed by atoms with Crippen molar-refractivity contribution in [1.82, 2.24) is 8.52 Å². The van der Waals surface area contributed by atoms with Gasteiger partial charge in [0, 0.05) is 0 Å². The van der Waals surface area contributed by atoms with Crippen LogP contribution in [0.25, 0.3) is 0 Å². The van der Waals surface area contributed by atoms with Crippen LogP contribution in [0.1, 0.15) is 11.4 Å². The van der Waals surface area contributed by atoms with Gasteiger partial charge < -0.3 is 0 Å². The van der Waals surface area contributed by atoms with Crippen LogP contribution in [0, 0.1) is 0 Å². The minimum absolute atomic E-state index is 0. The first-order chi connectivity index (χ1) is 6.12. The molecule has 1 aromatic heterocycles. The predicted octanol–water partition coefficient (Wildman–Crippen LogP) is 0.779. The van der Waals surface area contributed by atoms with Crippen molar-refractivity contribution in [3.8, 4) is 0 Å². The van der Waals surface area contributed by atoms with Gasteiger partial charge in [-0.1, -0.05) is 8.41 Å².